The molecule has 0 saturated carbocycles. The maximum Gasteiger partial charge on any atom is 0.320 e. The molecule has 0 radical (unpaired) electrons. The van der Waals surface area contributed by atoms with Gasteiger partial charge in [-0.15, -0.1) is 0 Å². The summed E-state index contributed by atoms with van der Waals surface area (Å²) < 4.78 is 0. The van der Waals surface area contributed by atoms with Crippen LogP contribution in [0, 0.1) is 5.41 Å². The minimum absolute atomic E-state index is 0.153. The van der Waals surface area contributed by atoms with E-state index in [4.69, 9.17) is 0 Å². The van der Waals surface area contributed by atoms with Gasteiger partial charge < -0.3 is 15.4 Å². The van der Waals surface area contributed by atoms with E-state index in [9.17, 15) is 9.90 Å². The summed E-state index contributed by atoms with van der Waals surface area (Å²) in [5, 5.41) is 13.0. The number of rotatable bonds is 3. The Kier molecular flexibility index (Phi) is 3.58. The van der Waals surface area contributed by atoms with Crippen LogP contribution in [-0.4, -0.2) is 51.6 Å². The van der Waals surface area contributed by atoms with Crippen molar-refractivity contribution in [3.8, 4) is 0 Å². The molecule has 6 heteroatoms. The highest BCUT2D eigenvalue weighted by molar-refractivity contribution is 5.75. The molecule has 4 rings (SSSR count). The van der Waals surface area contributed by atoms with Crippen LogP contribution < -0.4 is 5.32 Å². The number of carboxylic acids is 1. The van der Waals surface area contributed by atoms with Gasteiger partial charge in [-0.3, -0.25) is 9.69 Å². The highest BCUT2D eigenvalue weighted by atomic mass is 16.4. The van der Waals surface area contributed by atoms with Crippen LogP contribution in [0.4, 0.5) is 0 Å². The lowest BCUT2D eigenvalue weighted by atomic mass is 9.77. The number of imidazole rings is 1. The quantitative estimate of drug-likeness (QED) is 0.801. The number of nitrogens with one attached hydrogen (secondary N) is 2. The second kappa shape index (κ2) is 5.62. The van der Waals surface area contributed by atoms with Gasteiger partial charge in [-0.25, -0.2) is 4.98 Å². The smallest absolute Gasteiger partial charge is 0.320 e. The SMILES string of the molecule is O=C(O)[C@@H]1CC2(CCNCC2)CN1Cc1nc2ccccc2[nH]1. The Morgan fingerprint density at radius 2 is 2.13 bits per heavy atom. The summed E-state index contributed by atoms with van der Waals surface area (Å²) in [5.74, 6) is 0.139. The standard InChI is InChI=1S/C17H22N4O2/c22-16(23)14-9-17(5-7-18-8-6-17)11-21(14)10-15-19-12-3-1-2-4-13(12)20-15/h1-4,14,18H,5-11H2,(H,19,20)(H,22,23)/t14-/m0/s1. The number of fused-ring (bicyclic) bond motifs is 1. The van der Waals surface area contributed by atoms with Crippen LogP contribution in [0.25, 0.3) is 11.0 Å². The third kappa shape index (κ3) is 2.72. The second-order valence-electron chi connectivity index (χ2n) is 6.91. The molecule has 1 atom stereocenters. The number of hydrogen-bond donors (Lipinski definition) is 3. The van der Waals surface area contributed by atoms with Crippen molar-refractivity contribution in [1.82, 2.24) is 20.2 Å². The molecule has 122 valence electrons. The molecule has 0 bridgehead atoms. The Hall–Kier alpha value is -1.92. The van der Waals surface area contributed by atoms with E-state index >= 15 is 0 Å². The molecule has 6 nitrogen and oxygen atoms in total. The Morgan fingerprint density at radius 1 is 1.35 bits per heavy atom. The van der Waals surface area contributed by atoms with Gasteiger partial charge in [0.15, 0.2) is 0 Å². The number of aliphatic carboxylic acids is 1. The van der Waals surface area contributed by atoms with E-state index in [0.29, 0.717) is 6.54 Å². The molecule has 2 aliphatic heterocycles. The van der Waals surface area contributed by atoms with Crippen LogP contribution >= 0.6 is 0 Å². The largest absolute Gasteiger partial charge is 0.480 e. The number of benzene rings is 1. The molecule has 23 heavy (non-hydrogen) atoms. The minimum Gasteiger partial charge on any atom is -0.480 e. The van der Waals surface area contributed by atoms with E-state index in [1.54, 1.807) is 0 Å². The van der Waals surface area contributed by atoms with E-state index < -0.39 is 12.0 Å². The highest BCUT2D eigenvalue weighted by Gasteiger charge is 2.47. The van der Waals surface area contributed by atoms with Gasteiger partial charge in [0.25, 0.3) is 0 Å². The first-order valence-corrected chi connectivity index (χ1v) is 8.26. The third-order valence-corrected chi connectivity index (χ3v) is 5.35. The van der Waals surface area contributed by atoms with E-state index in [0.717, 1.165) is 55.8 Å². The van der Waals surface area contributed by atoms with Crippen molar-refractivity contribution in [3.05, 3.63) is 30.1 Å². The average Bonchev–Trinajstić information content (AvgIpc) is 3.09. The second-order valence-corrected chi connectivity index (χ2v) is 6.91. The summed E-state index contributed by atoms with van der Waals surface area (Å²) in [6.07, 6.45) is 2.88. The van der Waals surface area contributed by atoms with Gasteiger partial charge in [-0.05, 0) is 49.9 Å². The first-order chi connectivity index (χ1) is 11.2. The Balaban J connectivity index is 1.57. The van der Waals surface area contributed by atoms with Crippen molar-refractivity contribution in [1.29, 1.82) is 0 Å². The van der Waals surface area contributed by atoms with Crippen molar-refractivity contribution in [3.63, 3.8) is 0 Å². The molecule has 1 aromatic carbocycles. The summed E-state index contributed by atoms with van der Waals surface area (Å²) in [6, 6.07) is 7.51. The minimum atomic E-state index is -0.712. The highest BCUT2D eigenvalue weighted by Crippen LogP contribution is 2.42. The number of hydrogen-bond acceptors (Lipinski definition) is 4. The number of nitrogens with zero attached hydrogens (tertiary/aromatic N) is 2. The summed E-state index contributed by atoms with van der Waals surface area (Å²) in [5.41, 5.74) is 2.09. The maximum atomic E-state index is 11.7. The van der Waals surface area contributed by atoms with Crippen LogP contribution in [0.2, 0.25) is 0 Å². The lowest BCUT2D eigenvalue weighted by Crippen LogP contribution is -2.38. The Bertz CT molecular complexity index is 687. The van der Waals surface area contributed by atoms with Gasteiger partial charge in [0.1, 0.15) is 11.9 Å². The van der Waals surface area contributed by atoms with E-state index in [-0.39, 0.29) is 5.41 Å². The molecular weight excluding hydrogens is 292 g/mol. The molecule has 1 aromatic heterocycles. The fourth-order valence-electron chi connectivity index (χ4n) is 4.15. The fourth-order valence-corrected chi connectivity index (χ4v) is 4.15. The van der Waals surface area contributed by atoms with Crippen LogP contribution in [0.1, 0.15) is 25.1 Å². The fraction of sp³-hybridized carbons (Fsp3) is 0.529. The molecule has 2 saturated heterocycles. The topological polar surface area (TPSA) is 81.2 Å². The molecule has 3 N–H and O–H groups in total. The molecular formula is C17H22N4O2. The molecule has 2 fully saturated rings. The predicted octanol–water partition coefficient (Wildman–Crippen LogP) is 1.59. The van der Waals surface area contributed by atoms with Crippen LogP contribution in [-0.2, 0) is 11.3 Å². The van der Waals surface area contributed by atoms with Gasteiger partial charge >= 0.3 is 5.97 Å². The molecule has 0 unspecified atom stereocenters. The number of aromatic nitrogens is 2. The zero-order chi connectivity index (χ0) is 15.9. The number of aromatic amines is 1. The molecule has 1 spiro atoms. The molecule has 0 amide bonds. The van der Waals surface area contributed by atoms with Gasteiger partial charge in [0.05, 0.1) is 17.6 Å². The van der Waals surface area contributed by atoms with Crippen molar-refractivity contribution >= 4 is 17.0 Å². The summed E-state index contributed by atoms with van der Waals surface area (Å²) in [7, 11) is 0. The maximum absolute atomic E-state index is 11.7. The summed E-state index contributed by atoms with van der Waals surface area (Å²) >= 11 is 0. The van der Waals surface area contributed by atoms with E-state index in [2.05, 4.69) is 20.2 Å². The number of piperidine rings is 1. The number of para-hydroxylation sites is 2. The summed E-state index contributed by atoms with van der Waals surface area (Å²) in [6.45, 7) is 3.40. The number of carbonyl (C=O) groups is 1. The Morgan fingerprint density at radius 3 is 2.87 bits per heavy atom. The van der Waals surface area contributed by atoms with Gasteiger partial charge in [0.2, 0.25) is 0 Å². The van der Waals surface area contributed by atoms with Crippen molar-refractivity contribution in [2.24, 2.45) is 5.41 Å². The number of carboxylic acid groups (broad SMARTS) is 1. The third-order valence-electron chi connectivity index (χ3n) is 5.35. The summed E-state index contributed by atoms with van der Waals surface area (Å²) in [4.78, 5) is 21.7. The van der Waals surface area contributed by atoms with Gasteiger partial charge in [0, 0.05) is 6.54 Å². The normalized spacial score (nSPS) is 24.4. The molecule has 3 heterocycles. The van der Waals surface area contributed by atoms with E-state index in [1.165, 1.54) is 0 Å². The zero-order valence-electron chi connectivity index (χ0n) is 13.1. The number of likely N-dealkylation sites (tertiary alicyclic amines) is 1. The molecule has 0 aliphatic carbocycles. The average molecular weight is 314 g/mol. The van der Waals surface area contributed by atoms with Crippen molar-refractivity contribution in [2.75, 3.05) is 19.6 Å². The van der Waals surface area contributed by atoms with Gasteiger partial charge in [-0.1, -0.05) is 12.1 Å². The molecule has 2 aromatic rings. The van der Waals surface area contributed by atoms with Crippen LogP contribution in [0.5, 0.6) is 0 Å². The van der Waals surface area contributed by atoms with Gasteiger partial charge in [-0.2, -0.15) is 0 Å². The lowest BCUT2D eigenvalue weighted by molar-refractivity contribution is -0.142. The zero-order valence-corrected chi connectivity index (χ0v) is 13.1. The first kappa shape index (κ1) is 14.7. The Labute approximate surface area is 134 Å². The predicted molar refractivity (Wildman–Crippen MR) is 87.1 cm³/mol. The monoisotopic (exact) mass is 314 g/mol. The lowest BCUT2D eigenvalue weighted by Gasteiger charge is -2.33. The van der Waals surface area contributed by atoms with E-state index in [1.807, 2.05) is 24.3 Å². The number of H-pyrrole nitrogens is 1. The van der Waals surface area contributed by atoms with Crippen LogP contribution in [0.15, 0.2) is 24.3 Å². The van der Waals surface area contributed by atoms with Crippen molar-refractivity contribution < 1.29 is 9.90 Å². The molecule has 2 aliphatic rings. The first-order valence-electron chi connectivity index (χ1n) is 8.26. The van der Waals surface area contributed by atoms with Crippen LogP contribution in [0.3, 0.4) is 0 Å². The van der Waals surface area contributed by atoms with Crippen molar-refractivity contribution in [2.45, 2.75) is 31.8 Å².